The average molecular weight is 425 g/mol. The lowest BCUT2D eigenvalue weighted by Crippen LogP contribution is -2.46. The molecule has 0 radical (unpaired) electrons. The van der Waals surface area contributed by atoms with Crippen LogP contribution in [0.3, 0.4) is 0 Å². The molecule has 2 aliphatic rings. The van der Waals surface area contributed by atoms with E-state index in [0.29, 0.717) is 13.0 Å². The Hall–Kier alpha value is -2.73. The van der Waals surface area contributed by atoms with Gasteiger partial charge in [-0.25, -0.2) is 4.39 Å². The molecule has 0 aliphatic carbocycles. The van der Waals surface area contributed by atoms with E-state index in [9.17, 15) is 14.0 Å². The maximum atomic E-state index is 13.4. The van der Waals surface area contributed by atoms with Crippen molar-refractivity contribution in [1.82, 2.24) is 4.90 Å². The molecule has 6 heteroatoms. The first-order chi connectivity index (χ1) is 15.0. The van der Waals surface area contributed by atoms with Crippen molar-refractivity contribution in [1.29, 1.82) is 0 Å². The molecule has 1 saturated heterocycles. The Bertz CT molecular complexity index is 954. The number of amides is 1. The molecule has 2 aliphatic heterocycles. The molecule has 0 bridgehead atoms. The summed E-state index contributed by atoms with van der Waals surface area (Å²) in [6, 6.07) is 12.8. The number of likely N-dealkylation sites (tertiary alicyclic amines) is 1. The van der Waals surface area contributed by atoms with Gasteiger partial charge >= 0.3 is 5.97 Å². The van der Waals surface area contributed by atoms with E-state index in [4.69, 9.17) is 4.74 Å². The number of nitrogens with zero attached hydrogens (tertiary/aromatic N) is 2. The van der Waals surface area contributed by atoms with Crippen LogP contribution in [0.1, 0.15) is 36.5 Å². The van der Waals surface area contributed by atoms with Gasteiger partial charge in [0.2, 0.25) is 5.91 Å². The van der Waals surface area contributed by atoms with Gasteiger partial charge in [-0.1, -0.05) is 24.3 Å². The van der Waals surface area contributed by atoms with Crippen molar-refractivity contribution in [2.45, 2.75) is 45.1 Å². The maximum absolute atomic E-state index is 13.4. The van der Waals surface area contributed by atoms with E-state index in [2.05, 4.69) is 4.90 Å². The lowest BCUT2D eigenvalue weighted by atomic mass is 10.0. The highest BCUT2D eigenvalue weighted by Crippen LogP contribution is 2.34. The van der Waals surface area contributed by atoms with E-state index in [-0.39, 0.29) is 30.2 Å². The molecule has 1 fully saturated rings. The Labute approximate surface area is 182 Å². The first kappa shape index (κ1) is 21.5. The van der Waals surface area contributed by atoms with Gasteiger partial charge in [-0.15, -0.1) is 0 Å². The minimum atomic E-state index is -0.245. The van der Waals surface area contributed by atoms with Gasteiger partial charge in [0, 0.05) is 31.4 Å². The van der Waals surface area contributed by atoms with E-state index in [1.54, 1.807) is 19.1 Å². The number of anilines is 1. The second kappa shape index (κ2) is 9.60. The largest absolute Gasteiger partial charge is 0.466 e. The third-order valence-electron chi connectivity index (χ3n) is 6.20. The average Bonchev–Trinajstić information content (AvgIpc) is 3.08. The number of hydrogen-bond acceptors (Lipinski definition) is 4. The van der Waals surface area contributed by atoms with Crippen LogP contribution in [0.15, 0.2) is 42.5 Å². The molecule has 0 saturated carbocycles. The monoisotopic (exact) mass is 424 g/mol. The number of rotatable bonds is 7. The number of ether oxygens (including phenoxy) is 1. The predicted octanol–water partition coefficient (Wildman–Crippen LogP) is 3.53. The molecule has 0 aromatic heterocycles. The van der Waals surface area contributed by atoms with Crippen LogP contribution in [0.4, 0.5) is 10.1 Å². The van der Waals surface area contributed by atoms with Gasteiger partial charge in [-0.3, -0.25) is 9.59 Å². The third-order valence-corrected chi connectivity index (χ3v) is 6.20. The van der Waals surface area contributed by atoms with Gasteiger partial charge in [-0.2, -0.15) is 0 Å². The van der Waals surface area contributed by atoms with Crippen molar-refractivity contribution in [2.24, 2.45) is 0 Å². The number of esters is 1. The second-order valence-electron chi connectivity index (χ2n) is 8.34. The quantitative estimate of drug-likeness (QED) is 0.638. The van der Waals surface area contributed by atoms with Crippen LogP contribution in [0.5, 0.6) is 0 Å². The van der Waals surface area contributed by atoms with Crippen molar-refractivity contribution in [3.63, 3.8) is 0 Å². The molecule has 0 N–H and O–H groups in total. The minimum absolute atomic E-state index is 0.140. The molecule has 164 valence electrons. The number of hydrogen-bond donors (Lipinski definition) is 0. The lowest BCUT2D eigenvalue weighted by Gasteiger charge is -2.37. The van der Waals surface area contributed by atoms with Crippen LogP contribution >= 0.6 is 0 Å². The van der Waals surface area contributed by atoms with Crippen molar-refractivity contribution in [3.8, 4) is 0 Å². The Morgan fingerprint density at radius 1 is 1.13 bits per heavy atom. The van der Waals surface area contributed by atoms with Crippen LogP contribution < -0.4 is 4.90 Å². The highest BCUT2D eigenvalue weighted by Gasteiger charge is 2.35. The predicted molar refractivity (Wildman–Crippen MR) is 118 cm³/mol. The van der Waals surface area contributed by atoms with Crippen molar-refractivity contribution >= 4 is 17.6 Å². The molecule has 1 amide bonds. The van der Waals surface area contributed by atoms with E-state index < -0.39 is 0 Å². The summed E-state index contributed by atoms with van der Waals surface area (Å²) in [6.07, 6.45) is 3.30. The summed E-state index contributed by atoms with van der Waals surface area (Å²) in [6.45, 7) is 4.89. The molecule has 4 rings (SSSR count). The van der Waals surface area contributed by atoms with Gasteiger partial charge in [0.1, 0.15) is 5.82 Å². The molecule has 2 aromatic rings. The fraction of sp³-hybridized carbons (Fsp3) is 0.440. The Kier molecular flexibility index (Phi) is 6.66. The van der Waals surface area contributed by atoms with Crippen LogP contribution in [-0.4, -0.2) is 49.1 Å². The number of carbonyl (C=O) groups is 2. The van der Waals surface area contributed by atoms with E-state index in [1.165, 1.54) is 6.07 Å². The van der Waals surface area contributed by atoms with Gasteiger partial charge in [-0.05, 0) is 61.1 Å². The third kappa shape index (κ3) is 5.13. The van der Waals surface area contributed by atoms with E-state index >= 15 is 0 Å². The highest BCUT2D eigenvalue weighted by molar-refractivity contribution is 6.02. The van der Waals surface area contributed by atoms with Crippen LogP contribution in [0.25, 0.3) is 0 Å². The van der Waals surface area contributed by atoms with Crippen molar-refractivity contribution in [3.05, 3.63) is 65.0 Å². The number of carbonyl (C=O) groups excluding carboxylic acids is 2. The summed E-state index contributed by atoms with van der Waals surface area (Å²) in [5.41, 5.74) is 3.88. The van der Waals surface area contributed by atoms with E-state index in [0.717, 1.165) is 61.3 Å². The first-order valence-electron chi connectivity index (χ1n) is 11.1. The Balaban J connectivity index is 1.36. The number of benzene rings is 2. The van der Waals surface area contributed by atoms with Crippen LogP contribution in [0.2, 0.25) is 0 Å². The summed E-state index contributed by atoms with van der Waals surface area (Å²) >= 11 is 0. The summed E-state index contributed by atoms with van der Waals surface area (Å²) in [5, 5.41) is 0. The molecule has 0 spiro atoms. The second-order valence-corrected chi connectivity index (χ2v) is 8.34. The smallest absolute Gasteiger partial charge is 0.310 e. The zero-order chi connectivity index (χ0) is 21.8. The molecule has 5 nitrogen and oxygen atoms in total. The fourth-order valence-electron chi connectivity index (χ4n) is 4.64. The number of piperidine rings is 1. The summed E-state index contributed by atoms with van der Waals surface area (Å²) in [7, 11) is 0. The Morgan fingerprint density at radius 2 is 1.94 bits per heavy atom. The molecule has 2 aromatic carbocycles. The standard InChI is InChI=1S/C25H29FN2O3/c1-2-31-25(30)16-19-6-7-20-17-24(29)28(23(20)15-19)22-9-12-27(13-10-22)11-8-18-4-3-5-21(26)14-18/h3-7,14-15,22H,2,8-13,16-17H2,1H3. The molecular formula is C25H29FN2O3. The van der Waals surface area contributed by atoms with Crippen molar-refractivity contribution in [2.75, 3.05) is 31.1 Å². The molecular weight excluding hydrogens is 395 g/mol. The minimum Gasteiger partial charge on any atom is -0.466 e. The summed E-state index contributed by atoms with van der Waals surface area (Å²) in [5.74, 6) is -0.295. The topological polar surface area (TPSA) is 49.9 Å². The number of fused-ring (bicyclic) bond motifs is 1. The van der Waals surface area contributed by atoms with Gasteiger partial charge < -0.3 is 14.5 Å². The molecule has 2 heterocycles. The van der Waals surface area contributed by atoms with Gasteiger partial charge in [0.05, 0.1) is 19.4 Å². The SMILES string of the molecule is CCOC(=O)Cc1ccc2c(c1)N(C1CCN(CCc3cccc(F)c3)CC1)C(=O)C2. The lowest BCUT2D eigenvalue weighted by molar-refractivity contribution is -0.142. The maximum Gasteiger partial charge on any atom is 0.310 e. The Morgan fingerprint density at radius 3 is 2.68 bits per heavy atom. The van der Waals surface area contributed by atoms with E-state index in [1.807, 2.05) is 29.2 Å². The van der Waals surface area contributed by atoms with Crippen LogP contribution in [-0.2, 0) is 33.6 Å². The molecule has 31 heavy (non-hydrogen) atoms. The first-order valence-corrected chi connectivity index (χ1v) is 11.1. The molecule has 0 atom stereocenters. The van der Waals surface area contributed by atoms with Crippen LogP contribution in [0, 0.1) is 5.82 Å². The zero-order valence-corrected chi connectivity index (χ0v) is 18.0. The normalized spacial score (nSPS) is 17.1. The molecule has 0 unspecified atom stereocenters. The van der Waals surface area contributed by atoms with Gasteiger partial charge in [0.25, 0.3) is 0 Å². The fourth-order valence-corrected chi connectivity index (χ4v) is 4.64. The van der Waals surface area contributed by atoms with Gasteiger partial charge in [0.15, 0.2) is 0 Å². The highest BCUT2D eigenvalue weighted by atomic mass is 19.1. The number of halogens is 1. The summed E-state index contributed by atoms with van der Waals surface area (Å²) < 4.78 is 18.4. The zero-order valence-electron chi connectivity index (χ0n) is 18.0. The van der Waals surface area contributed by atoms with Crippen molar-refractivity contribution < 1.29 is 18.7 Å². The summed E-state index contributed by atoms with van der Waals surface area (Å²) in [4.78, 5) is 29.0.